The van der Waals surface area contributed by atoms with Crippen LogP contribution in [0.3, 0.4) is 0 Å². The molecular weight excluding hydrogens is 157 g/mol. The molecule has 0 radical (unpaired) electrons. The van der Waals surface area contributed by atoms with Crippen molar-refractivity contribution in [1.82, 2.24) is 4.90 Å². The van der Waals surface area contributed by atoms with Crippen molar-refractivity contribution in [2.45, 2.75) is 19.3 Å². The third-order valence-corrected chi connectivity index (χ3v) is 2.35. The summed E-state index contributed by atoms with van der Waals surface area (Å²) in [5.74, 6) is 0.212. The first kappa shape index (κ1) is 7.77. The van der Waals surface area contributed by atoms with Crippen molar-refractivity contribution in [3.63, 3.8) is 0 Å². The molecule has 1 saturated carbocycles. The lowest BCUT2D eigenvalue weighted by molar-refractivity contribution is -0.132. The van der Waals surface area contributed by atoms with E-state index in [0.717, 1.165) is 12.8 Å². The minimum absolute atomic E-state index is 0.151. The zero-order chi connectivity index (χ0) is 8.55. The van der Waals surface area contributed by atoms with Gasteiger partial charge in [0.05, 0.1) is 6.54 Å². The normalized spacial score (nSPS) is 23.8. The summed E-state index contributed by atoms with van der Waals surface area (Å²) in [6.45, 7) is 0.901. The van der Waals surface area contributed by atoms with E-state index >= 15 is 0 Å². The topological polar surface area (TPSA) is 20.3 Å². The molecule has 1 amide bonds. The molecule has 1 aliphatic carbocycles. The first-order valence-electron chi connectivity index (χ1n) is 4.40. The molecule has 2 nitrogen and oxygen atoms in total. The molecule has 1 aliphatic heterocycles. The lowest BCUT2D eigenvalue weighted by Crippen LogP contribution is -2.36. The molecule has 2 aliphatic rings. The summed E-state index contributed by atoms with van der Waals surface area (Å²) in [7, 11) is 0. The number of amides is 1. The Hall–Kier alpha value is -0.860. The maximum absolute atomic E-state index is 12.7. The van der Waals surface area contributed by atoms with Crippen molar-refractivity contribution in [3.05, 3.63) is 11.9 Å². The van der Waals surface area contributed by atoms with Gasteiger partial charge >= 0.3 is 0 Å². The number of hydrogen-bond donors (Lipinski definition) is 0. The van der Waals surface area contributed by atoms with Crippen LogP contribution in [0.15, 0.2) is 11.9 Å². The fraction of sp³-hybridized carbons (Fsp3) is 0.667. The van der Waals surface area contributed by atoms with Crippen LogP contribution in [0.25, 0.3) is 0 Å². The van der Waals surface area contributed by atoms with Gasteiger partial charge in [0.25, 0.3) is 0 Å². The summed E-state index contributed by atoms with van der Waals surface area (Å²) in [5, 5.41) is 0. The van der Waals surface area contributed by atoms with Gasteiger partial charge in [0.2, 0.25) is 5.91 Å². The second kappa shape index (κ2) is 2.88. The summed E-state index contributed by atoms with van der Waals surface area (Å²) in [4.78, 5) is 13.1. The van der Waals surface area contributed by atoms with Gasteiger partial charge in [0.15, 0.2) is 0 Å². The van der Waals surface area contributed by atoms with E-state index in [9.17, 15) is 9.18 Å². The van der Waals surface area contributed by atoms with E-state index < -0.39 is 0 Å². The number of halogens is 1. The zero-order valence-electron chi connectivity index (χ0n) is 6.92. The largest absolute Gasteiger partial charge is 0.335 e. The first-order valence-corrected chi connectivity index (χ1v) is 4.40. The Bertz CT molecular complexity index is 233. The summed E-state index contributed by atoms with van der Waals surface area (Å²) in [6, 6.07) is 0. The Labute approximate surface area is 71.0 Å². The quantitative estimate of drug-likeness (QED) is 0.582. The van der Waals surface area contributed by atoms with Crippen LogP contribution in [0, 0.1) is 5.92 Å². The minimum atomic E-state index is -0.157. The highest BCUT2D eigenvalue weighted by Gasteiger charge is 2.34. The average molecular weight is 169 g/mol. The van der Waals surface area contributed by atoms with Gasteiger partial charge in [-0.1, -0.05) is 0 Å². The molecule has 1 heterocycles. The number of carbonyl (C=O) groups excluding carboxylic acids is 1. The maximum atomic E-state index is 12.7. The van der Waals surface area contributed by atoms with Gasteiger partial charge in [-0.3, -0.25) is 4.79 Å². The van der Waals surface area contributed by atoms with Crippen molar-refractivity contribution in [1.29, 1.82) is 0 Å². The van der Waals surface area contributed by atoms with Gasteiger partial charge < -0.3 is 4.90 Å². The van der Waals surface area contributed by atoms with Crippen LogP contribution in [-0.2, 0) is 4.79 Å². The number of carbonyl (C=O) groups is 1. The Morgan fingerprint density at radius 2 is 2.33 bits per heavy atom. The van der Waals surface area contributed by atoms with E-state index in [1.54, 1.807) is 11.0 Å². The molecule has 3 heteroatoms. The lowest BCUT2D eigenvalue weighted by Gasteiger charge is -2.24. The lowest BCUT2D eigenvalue weighted by atomic mass is 10.2. The fourth-order valence-electron chi connectivity index (χ4n) is 1.48. The minimum Gasteiger partial charge on any atom is -0.335 e. The predicted octanol–water partition coefficient (Wildman–Crippen LogP) is 1.48. The molecule has 0 aromatic heterocycles. The first-order chi connectivity index (χ1) is 5.77. The van der Waals surface area contributed by atoms with Crippen LogP contribution in [0.5, 0.6) is 0 Å². The van der Waals surface area contributed by atoms with E-state index in [1.165, 1.54) is 0 Å². The third-order valence-electron chi connectivity index (χ3n) is 2.35. The Morgan fingerprint density at radius 1 is 1.58 bits per heavy atom. The van der Waals surface area contributed by atoms with Gasteiger partial charge in [-0.25, -0.2) is 4.39 Å². The molecule has 0 saturated heterocycles. The third kappa shape index (κ3) is 1.49. The molecule has 0 unspecified atom stereocenters. The van der Waals surface area contributed by atoms with Gasteiger partial charge in [0.1, 0.15) is 5.83 Å². The second-order valence-corrected chi connectivity index (χ2v) is 3.47. The monoisotopic (exact) mass is 169 g/mol. The van der Waals surface area contributed by atoms with Crippen molar-refractivity contribution < 1.29 is 9.18 Å². The summed E-state index contributed by atoms with van der Waals surface area (Å²) in [5.41, 5.74) is 0. The smallest absolute Gasteiger partial charge is 0.226 e. The number of nitrogens with zero attached hydrogens (tertiary/aromatic N) is 1. The molecule has 1 fully saturated rings. The standard InChI is InChI=1S/C9H12FNO/c10-8-2-1-5-11(6-8)9(12)7-3-4-7/h2,7H,1,3-6H2. The molecule has 0 spiro atoms. The van der Waals surface area contributed by atoms with E-state index in [1.807, 2.05) is 0 Å². The van der Waals surface area contributed by atoms with Crippen LogP contribution >= 0.6 is 0 Å². The summed E-state index contributed by atoms with van der Waals surface area (Å²) in [6.07, 6.45) is 4.24. The van der Waals surface area contributed by atoms with Gasteiger partial charge in [-0.15, -0.1) is 0 Å². The van der Waals surface area contributed by atoms with Crippen LogP contribution in [0.4, 0.5) is 4.39 Å². The molecular formula is C9H12FNO. The van der Waals surface area contributed by atoms with Crippen LogP contribution in [-0.4, -0.2) is 23.9 Å². The van der Waals surface area contributed by atoms with Crippen LogP contribution in [0.2, 0.25) is 0 Å². The Balaban J connectivity index is 1.95. The van der Waals surface area contributed by atoms with Crippen molar-refractivity contribution in [2.24, 2.45) is 5.92 Å². The van der Waals surface area contributed by atoms with Crippen LogP contribution in [0.1, 0.15) is 19.3 Å². The molecule has 0 atom stereocenters. The highest BCUT2D eigenvalue weighted by Crippen LogP contribution is 2.31. The van der Waals surface area contributed by atoms with Crippen molar-refractivity contribution >= 4 is 5.91 Å². The molecule has 2 rings (SSSR count). The van der Waals surface area contributed by atoms with E-state index in [2.05, 4.69) is 0 Å². The molecule has 66 valence electrons. The van der Waals surface area contributed by atoms with E-state index in [4.69, 9.17) is 0 Å². The fourth-order valence-corrected chi connectivity index (χ4v) is 1.48. The average Bonchev–Trinajstić information content (AvgIpc) is 2.85. The zero-order valence-corrected chi connectivity index (χ0v) is 6.92. The second-order valence-electron chi connectivity index (χ2n) is 3.47. The Morgan fingerprint density at radius 3 is 2.92 bits per heavy atom. The van der Waals surface area contributed by atoms with Crippen molar-refractivity contribution in [2.75, 3.05) is 13.1 Å². The molecule has 0 aromatic rings. The summed E-state index contributed by atoms with van der Waals surface area (Å²) >= 11 is 0. The highest BCUT2D eigenvalue weighted by atomic mass is 19.1. The van der Waals surface area contributed by atoms with Gasteiger partial charge in [0, 0.05) is 12.5 Å². The molecule has 0 aromatic carbocycles. The molecule has 0 bridgehead atoms. The molecule has 12 heavy (non-hydrogen) atoms. The number of hydrogen-bond acceptors (Lipinski definition) is 1. The SMILES string of the molecule is O=C(C1CC1)N1CCC=C(F)C1. The molecule has 0 N–H and O–H groups in total. The highest BCUT2D eigenvalue weighted by molar-refractivity contribution is 5.81. The van der Waals surface area contributed by atoms with E-state index in [0.29, 0.717) is 13.0 Å². The maximum Gasteiger partial charge on any atom is 0.226 e. The summed E-state index contributed by atoms with van der Waals surface area (Å²) < 4.78 is 12.7. The van der Waals surface area contributed by atoms with Gasteiger partial charge in [-0.2, -0.15) is 0 Å². The van der Waals surface area contributed by atoms with E-state index in [-0.39, 0.29) is 24.2 Å². The van der Waals surface area contributed by atoms with Crippen LogP contribution < -0.4 is 0 Å². The van der Waals surface area contributed by atoms with Gasteiger partial charge in [-0.05, 0) is 25.3 Å². The Kier molecular flexibility index (Phi) is 1.87. The van der Waals surface area contributed by atoms with Crippen molar-refractivity contribution in [3.8, 4) is 0 Å². The predicted molar refractivity (Wildman–Crippen MR) is 43.1 cm³/mol. The number of rotatable bonds is 1.